The summed E-state index contributed by atoms with van der Waals surface area (Å²) in [4.78, 5) is 12.4. The van der Waals surface area contributed by atoms with Crippen LogP contribution in [0.2, 0.25) is 0 Å². The van der Waals surface area contributed by atoms with Crippen molar-refractivity contribution in [2.75, 3.05) is 5.75 Å². The number of carbonyl (C=O) groups excluding carboxylic acids is 1. The van der Waals surface area contributed by atoms with Gasteiger partial charge in [-0.2, -0.15) is 0 Å². The van der Waals surface area contributed by atoms with Crippen LogP contribution in [-0.2, 0) is 4.79 Å². The Balaban J connectivity index is 2.30. The fourth-order valence-electron chi connectivity index (χ4n) is 1.57. The second-order valence-electron chi connectivity index (χ2n) is 4.30. The van der Waals surface area contributed by atoms with Gasteiger partial charge in [-0.3, -0.25) is 4.79 Å². The zero-order valence-electron chi connectivity index (χ0n) is 10.5. The summed E-state index contributed by atoms with van der Waals surface area (Å²) in [5, 5.41) is 12.0. The average molecular weight is 271 g/mol. The van der Waals surface area contributed by atoms with Crippen LogP contribution in [0.15, 0.2) is 29.2 Å². The first-order chi connectivity index (χ1) is 8.47. The van der Waals surface area contributed by atoms with Gasteiger partial charge >= 0.3 is 0 Å². The zero-order chi connectivity index (χ0) is 13.5. The van der Waals surface area contributed by atoms with E-state index in [0.717, 1.165) is 4.90 Å². The molecule has 0 fully saturated rings. The molecular weight excluding hydrogens is 253 g/mol. The van der Waals surface area contributed by atoms with E-state index in [1.807, 2.05) is 6.92 Å². The van der Waals surface area contributed by atoms with Gasteiger partial charge in [-0.15, -0.1) is 11.8 Å². The summed E-state index contributed by atoms with van der Waals surface area (Å²) in [5.41, 5.74) is 0. The summed E-state index contributed by atoms with van der Waals surface area (Å²) in [6.45, 7) is 3.54. The molecule has 100 valence electrons. The molecule has 1 rings (SSSR count). The number of hydrogen-bond donors (Lipinski definition) is 2. The molecule has 5 heteroatoms. The number of thioether (sulfide) groups is 1. The Kier molecular flexibility index (Phi) is 6.15. The summed E-state index contributed by atoms with van der Waals surface area (Å²) < 4.78 is 12.7. The molecule has 2 N–H and O–H groups in total. The van der Waals surface area contributed by atoms with Gasteiger partial charge in [0, 0.05) is 10.9 Å². The standard InChI is InChI=1S/C13H18FNO2S/c1-9(7-10(2)16)15-13(17)8-18-12-5-3-11(14)4-6-12/h3-6,9-10,16H,7-8H2,1-2H3,(H,15,17). The highest BCUT2D eigenvalue weighted by Gasteiger charge is 2.10. The van der Waals surface area contributed by atoms with Crippen molar-refractivity contribution >= 4 is 17.7 Å². The van der Waals surface area contributed by atoms with Crippen LogP contribution >= 0.6 is 11.8 Å². The molecule has 0 saturated carbocycles. The van der Waals surface area contributed by atoms with Gasteiger partial charge in [0.2, 0.25) is 5.91 Å². The molecule has 0 aliphatic rings. The summed E-state index contributed by atoms with van der Waals surface area (Å²) >= 11 is 1.36. The van der Waals surface area contributed by atoms with E-state index in [2.05, 4.69) is 5.32 Å². The fraction of sp³-hybridized carbons (Fsp3) is 0.462. The SMILES string of the molecule is CC(O)CC(C)NC(=O)CSc1ccc(F)cc1. The number of aliphatic hydroxyl groups is 1. The molecule has 0 aliphatic carbocycles. The van der Waals surface area contributed by atoms with Crippen LogP contribution in [0.1, 0.15) is 20.3 Å². The van der Waals surface area contributed by atoms with Gasteiger partial charge in [-0.1, -0.05) is 0 Å². The monoisotopic (exact) mass is 271 g/mol. The largest absolute Gasteiger partial charge is 0.393 e. The van der Waals surface area contributed by atoms with Crippen LogP contribution in [0.3, 0.4) is 0 Å². The number of benzene rings is 1. The molecule has 0 bridgehead atoms. The van der Waals surface area contributed by atoms with Crippen LogP contribution < -0.4 is 5.32 Å². The maximum atomic E-state index is 12.7. The molecule has 1 aromatic rings. The molecular formula is C13H18FNO2S. The van der Waals surface area contributed by atoms with Gasteiger partial charge in [0.1, 0.15) is 5.82 Å². The number of nitrogens with one attached hydrogen (secondary N) is 1. The maximum Gasteiger partial charge on any atom is 0.230 e. The summed E-state index contributed by atoms with van der Waals surface area (Å²) in [6.07, 6.45) is 0.109. The summed E-state index contributed by atoms with van der Waals surface area (Å²) in [6, 6.07) is 5.98. The van der Waals surface area contributed by atoms with Gasteiger partial charge in [0.05, 0.1) is 11.9 Å². The molecule has 18 heavy (non-hydrogen) atoms. The quantitative estimate of drug-likeness (QED) is 0.780. The van der Waals surface area contributed by atoms with Gasteiger partial charge in [-0.25, -0.2) is 4.39 Å². The van der Waals surface area contributed by atoms with Crippen LogP contribution in [0.4, 0.5) is 4.39 Å². The highest BCUT2D eigenvalue weighted by atomic mass is 32.2. The van der Waals surface area contributed by atoms with Gasteiger partial charge in [0.15, 0.2) is 0 Å². The highest BCUT2D eigenvalue weighted by Crippen LogP contribution is 2.17. The first kappa shape index (κ1) is 15.0. The van der Waals surface area contributed by atoms with E-state index in [4.69, 9.17) is 0 Å². The first-order valence-corrected chi connectivity index (χ1v) is 6.81. The Morgan fingerprint density at radius 2 is 2.00 bits per heavy atom. The normalized spacial score (nSPS) is 14.0. The van der Waals surface area contributed by atoms with E-state index in [0.29, 0.717) is 6.42 Å². The number of amides is 1. The van der Waals surface area contributed by atoms with Crippen molar-refractivity contribution in [2.45, 2.75) is 37.3 Å². The highest BCUT2D eigenvalue weighted by molar-refractivity contribution is 8.00. The first-order valence-electron chi connectivity index (χ1n) is 5.83. The number of hydrogen-bond acceptors (Lipinski definition) is 3. The molecule has 0 heterocycles. The van der Waals surface area contributed by atoms with Crippen LogP contribution in [0.25, 0.3) is 0 Å². The number of halogens is 1. The Morgan fingerprint density at radius 1 is 1.39 bits per heavy atom. The molecule has 2 unspecified atom stereocenters. The van der Waals surface area contributed by atoms with Crippen molar-refractivity contribution in [1.29, 1.82) is 0 Å². The van der Waals surface area contributed by atoms with Crippen LogP contribution in [-0.4, -0.2) is 28.9 Å². The minimum atomic E-state index is -0.426. The third-order valence-corrected chi connectivity index (χ3v) is 3.30. The molecule has 3 nitrogen and oxygen atoms in total. The predicted molar refractivity (Wildman–Crippen MR) is 71.0 cm³/mol. The zero-order valence-corrected chi connectivity index (χ0v) is 11.3. The molecule has 0 saturated heterocycles. The summed E-state index contributed by atoms with van der Waals surface area (Å²) in [7, 11) is 0. The minimum absolute atomic E-state index is 0.0497. The number of carbonyl (C=O) groups is 1. The molecule has 0 aromatic heterocycles. The second-order valence-corrected chi connectivity index (χ2v) is 5.34. The van der Waals surface area contributed by atoms with Crippen molar-refractivity contribution in [3.8, 4) is 0 Å². The van der Waals surface area contributed by atoms with Crippen molar-refractivity contribution in [1.82, 2.24) is 5.32 Å². The number of aliphatic hydroxyl groups excluding tert-OH is 1. The third kappa shape index (κ3) is 6.02. The molecule has 1 aromatic carbocycles. The Hall–Kier alpha value is -1.07. The lowest BCUT2D eigenvalue weighted by atomic mass is 10.1. The van der Waals surface area contributed by atoms with Crippen molar-refractivity contribution < 1.29 is 14.3 Å². The number of rotatable bonds is 6. The Labute approximate surface area is 111 Å². The van der Waals surface area contributed by atoms with E-state index < -0.39 is 6.10 Å². The lowest BCUT2D eigenvalue weighted by Crippen LogP contribution is -2.35. The predicted octanol–water partition coefficient (Wildman–Crippen LogP) is 2.19. The Morgan fingerprint density at radius 3 is 2.56 bits per heavy atom. The fourth-order valence-corrected chi connectivity index (χ4v) is 2.28. The van der Waals surface area contributed by atoms with Gasteiger partial charge in [0.25, 0.3) is 0 Å². The van der Waals surface area contributed by atoms with E-state index in [1.54, 1.807) is 19.1 Å². The lowest BCUT2D eigenvalue weighted by Gasteiger charge is -2.15. The lowest BCUT2D eigenvalue weighted by molar-refractivity contribution is -0.119. The van der Waals surface area contributed by atoms with Crippen LogP contribution in [0.5, 0.6) is 0 Å². The molecule has 0 spiro atoms. The smallest absolute Gasteiger partial charge is 0.230 e. The second kappa shape index (κ2) is 7.38. The van der Waals surface area contributed by atoms with Gasteiger partial charge in [-0.05, 0) is 44.5 Å². The molecule has 0 aliphatic heterocycles. The van der Waals surface area contributed by atoms with Crippen molar-refractivity contribution in [2.24, 2.45) is 0 Å². The van der Waals surface area contributed by atoms with E-state index in [-0.39, 0.29) is 23.5 Å². The van der Waals surface area contributed by atoms with Crippen molar-refractivity contribution in [3.63, 3.8) is 0 Å². The third-order valence-electron chi connectivity index (χ3n) is 2.29. The maximum absolute atomic E-state index is 12.7. The van der Waals surface area contributed by atoms with E-state index >= 15 is 0 Å². The van der Waals surface area contributed by atoms with Crippen molar-refractivity contribution in [3.05, 3.63) is 30.1 Å². The average Bonchev–Trinajstić information content (AvgIpc) is 2.27. The molecule has 2 atom stereocenters. The van der Waals surface area contributed by atoms with Gasteiger partial charge < -0.3 is 10.4 Å². The Bertz CT molecular complexity index is 381. The van der Waals surface area contributed by atoms with E-state index in [1.165, 1.54) is 23.9 Å². The molecule has 0 radical (unpaired) electrons. The summed E-state index contributed by atoms with van der Waals surface area (Å²) in [5.74, 6) is -0.0812. The minimum Gasteiger partial charge on any atom is -0.393 e. The van der Waals surface area contributed by atoms with E-state index in [9.17, 15) is 14.3 Å². The van der Waals surface area contributed by atoms with Crippen LogP contribution in [0, 0.1) is 5.82 Å². The topological polar surface area (TPSA) is 49.3 Å². The molecule has 1 amide bonds.